The van der Waals surface area contributed by atoms with Gasteiger partial charge in [-0.25, -0.2) is 4.79 Å². The molecule has 1 fully saturated rings. The van der Waals surface area contributed by atoms with Crippen LogP contribution in [0.1, 0.15) is 6.92 Å². The zero-order valence-electron chi connectivity index (χ0n) is 11.6. The molecule has 10 heteroatoms. The summed E-state index contributed by atoms with van der Waals surface area (Å²) >= 11 is 4.36. The van der Waals surface area contributed by atoms with Crippen LogP contribution in [0.4, 0.5) is 0 Å². The predicted octanol–water partition coefficient (Wildman–Crippen LogP) is -0.744. The van der Waals surface area contributed by atoms with Crippen molar-refractivity contribution >= 4 is 51.4 Å². The van der Waals surface area contributed by atoms with E-state index in [2.05, 4.69) is 26.6 Å². The Kier molecular flexibility index (Phi) is 5.12. The minimum Gasteiger partial charge on any atom is -0.477 e. The van der Waals surface area contributed by atoms with E-state index in [4.69, 9.17) is 0 Å². The molecule has 2 aliphatic rings. The van der Waals surface area contributed by atoms with Crippen molar-refractivity contribution in [1.82, 2.24) is 15.5 Å². The molecule has 22 heavy (non-hydrogen) atoms. The highest BCUT2D eigenvalue weighted by Crippen LogP contribution is 2.40. The number of β-lactam (4-membered cyclic amide) rings is 1. The number of rotatable bonds is 5. The molecule has 0 aliphatic carbocycles. The standard InChI is InChI=1S/C12H14BrN3O5S/c1-5(17)14-3-6-4-22-11-8(15-7(18)2-13)10(19)16(11)9(6)12(20)21/h8,11H,2-4H2,1H3,(H,14,17)(H,15,18)(H,20,21)/t8?,11-/m1/s1. The number of carboxylic acids is 1. The van der Waals surface area contributed by atoms with Gasteiger partial charge in [0.1, 0.15) is 17.1 Å². The van der Waals surface area contributed by atoms with E-state index >= 15 is 0 Å². The number of fused-ring (bicyclic) bond motifs is 1. The zero-order valence-corrected chi connectivity index (χ0v) is 14.0. The second-order valence-corrected chi connectivity index (χ2v) is 6.42. The average molecular weight is 392 g/mol. The molecule has 0 saturated carbocycles. The van der Waals surface area contributed by atoms with Crippen LogP contribution in [0.15, 0.2) is 11.3 Å². The molecule has 0 aromatic carbocycles. The lowest BCUT2D eigenvalue weighted by Crippen LogP contribution is -2.70. The van der Waals surface area contributed by atoms with Crippen LogP contribution < -0.4 is 10.6 Å². The van der Waals surface area contributed by atoms with Gasteiger partial charge in [-0.1, -0.05) is 15.9 Å². The van der Waals surface area contributed by atoms with Crippen molar-refractivity contribution in [1.29, 1.82) is 0 Å². The molecule has 120 valence electrons. The van der Waals surface area contributed by atoms with Gasteiger partial charge < -0.3 is 15.7 Å². The number of carbonyl (C=O) groups excluding carboxylic acids is 3. The number of nitrogens with zero attached hydrogens (tertiary/aromatic N) is 1. The SMILES string of the molecule is CC(=O)NCC1=C(C(=O)O)N2C(=O)C(NC(=O)CBr)[C@H]2SC1. The number of hydrogen-bond acceptors (Lipinski definition) is 5. The second kappa shape index (κ2) is 6.69. The van der Waals surface area contributed by atoms with E-state index in [1.165, 1.54) is 23.6 Å². The molecule has 1 unspecified atom stereocenters. The van der Waals surface area contributed by atoms with Crippen molar-refractivity contribution in [2.45, 2.75) is 18.3 Å². The number of halogens is 1. The number of carbonyl (C=O) groups is 4. The Morgan fingerprint density at radius 2 is 2.14 bits per heavy atom. The number of alkyl halides is 1. The number of aliphatic carboxylic acids is 1. The molecule has 1 saturated heterocycles. The number of thioether (sulfide) groups is 1. The summed E-state index contributed by atoms with van der Waals surface area (Å²) in [7, 11) is 0. The maximum atomic E-state index is 12.1. The van der Waals surface area contributed by atoms with E-state index in [1.54, 1.807) is 0 Å². The fourth-order valence-electron chi connectivity index (χ4n) is 2.26. The Labute approximate surface area is 138 Å². The normalized spacial score (nSPS) is 23.5. The Hall–Kier alpha value is -1.55. The van der Waals surface area contributed by atoms with E-state index in [9.17, 15) is 24.3 Å². The first kappa shape index (κ1) is 16.8. The highest BCUT2D eigenvalue weighted by atomic mass is 79.9. The summed E-state index contributed by atoms with van der Waals surface area (Å²) in [6.45, 7) is 1.42. The summed E-state index contributed by atoms with van der Waals surface area (Å²) in [5, 5.41) is 14.1. The third-order valence-corrected chi connectivity index (χ3v) is 5.09. The maximum Gasteiger partial charge on any atom is 0.352 e. The fraction of sp³-hybridized carbons (Fsp3) is 0.500. The van der Waals surface area contributed by atoms with Crippen molar-refractivity contribution in [3.63, 3.8) is 0 Å². The molecule has 0 aromatic heterocycles. The first-order chi connectivity index (χ1) is 10.4. The van der Waals surface area contributed by atoms with Gasteiger partial charge in [0.05, 0.1) is 5.33 Å². The topological polar surface area (TPSA) is 116 Å². The number of nitrogens with one attached hydrogen (secondary N) is 2. The lowest BCUT2D eigenvalue weighted by Gasteiger charge is -2.49. The molecule has 2 aliphatic heterocycles. The van der Waals surface area contributed by atoms with E-state index in [1.807, 2.05) is 0 Å². The summed E-state index contributed by atoms with van der Waals surface area (Å²) in [5.74, 6) is -1.91. The third-order valence-electron chi connectivity index (χ3n) is 3.24. The van der Waals surface area contributed by atoms with Crippen molar-refractivity contribution in [2.75, 3.05) is 17.6 Å². The van der Waals surface area contributed by atoms with Gasteiger partial charge in [0.25, 0.3) is 5.91 Å². The van der Waals surface area contributed by atoms with Crippen LogP contribution in [0, 0.1) is 0 Å². The van der Waals surface area contributed by atoms with Gasteiger partial charge in [-0.3, -0.25) is 19.3 Å². The van der Waals surface area contributed by atoms with Crippen molar-refractivity contribution < 1.29 is 24.3 Å². The van der Waals surface area contributed by atoms with Crippen LogP contribution in [-0.2, 0) is 19.2 Å². The van der Waals surface area contributed by atoms with E-state index in [0.717, 1.165) is 0 Å². The van der Waals surface area contributed by atoms with Gasteiger partial charge in [0.2, 0.25) is 11.8 Å². The predicted molar refractivity (Wildman–Crippen MR) is 82.2 cm³/mol. The van der Waals surface area contributed by atoms with E-state index in [-0.39, 0.29) is 29.4 Å². The summed E-state index contributed by atoms with van der Waals surface area (Å²) in [6.07, 6.45) is 0. The molecule has 2 rings (SSSR count). The molecule has 0 spiro atoms. The van der Waals surface area contributed by atoms with Crippen LogP contribution in [0.3, 0.4) is 0 Å². The molecule has 3 amide bonds. The van der Waals surface area contributed by atoms with Gasteiger partial charge >= 0.3 is 5.97 Å². The van der Waals surface area contributed by atoms with Gasteiger partial charge in [0, 0.05) is 19.2 Å². The van der Waals surface area contributed by atoms with Crippen LogP contribution in [0.5, 0.6) is 0 Å². The van der Waals surface area contributed by atoms with Gasteiger partial charge in [0.15, 0.2) is 0 Å². The molecule has 2 heterocycles. The van der Waals surface area contributed by atoms with Gasteiger partial charge in [-0.2, -0.15) is 0 Å². The molecule has 0 bridgehead atoms. The Morgan fingerprint density at radius 3 is 2.68 bits per heavy atom. The molecule has 2 atom stereocenters. The molecule has 8 nitrogen and oxygen atoms in total. The van der Waals surface area contributed by atoms with Crippen molar-refractivity contribution in [3.05, 3.63) is 11.3 Å². The molecular formula is C12H14BrN3O5S. The van der Waals surface area contributed by atoms with Crippen LogP contribution in [0.2, 0.25) is 0 Å². The van der Waals surface area contributed by atoms with E-state index in [0.29, 0.717) is 11.3 Å². The lowest BCUT2D eigenvalue weighted by molar-refractivity contribution is -0.150. The van der Waals surface area contributed by atoms with Crippen LogP contribution in [-0.4, -0.2) is 62.7 Å². The first-order valence-corrected chi connectivity index (χ1v) is 8.53. The van der Waals surface area contributed by atoms with E-state index < -0.39 is 23.3 Å². The summed E-state index contributed by atoms with van der Waals surface area (Å²) in [6, 6.07) is -0.716. The molecule has 0 radical (unpaired) electrons. The smallest absolute Gasteiger partial charge is 0.352 e. The highest BCUT2D eigenvalue weighted by molar-refractivity contribution is 9.09. The minimum atomic E-state index is -1.22. The summed E-state index contributed by atoms with van der Waals surface area (Å²) < 4.78 is 0. The quantitative estimate of drug-likeness (QED) is 0.419. The monoisotopic (exact) mass is 391 g/mol. The van der Waals surface area contributed by atoms with Crippen molar-refractivity contribution in [3.8, 4) is 0 Å². The Morgan fingerprint density at radius 1 is 1.45 bits per heavy atom. The maximum absolute atomic E-state index is 12.1. The summed E-state index contributed by atoms with van der Waals surface area (Å²) in [4.78, 5) is 47.1. The molecule has 0 aromatic rings. The molecular weight excluding hydrogens is 378 g/mol. The molecule has 3 N–H and O–H groups in total. The fourth-order valence-corrected chi connectivity index (χ4v) is 3.77. The first-order valence-electron chi connectivity index (χ1n) is 6.36. The van der Waals surface area contributed by atoms with Crippen LogP contribution >= 0.6 is 27.7 Å². The van der Waals surface area contributed by atoms with Crippen molar-refractivity contribution in [2.24, 2.45) is 0 Å². The highest BCUT2D eigenvalue weighted by Gasteiger charge is 2.54. The third kappa shape index (κ3) is 3.12. The number of amides is 3. The zero-order chi connectivity index (χ0) is 16.4. The number of carboxylic acid groups (broad SMARTS) is 1. The average Bonchev–Trinajstić information content (AvgIpc) is 2.48. The van der Waals surface area contributed by atoms with Gasteiger partial charge in [-0.05, 0) is 5.57 Å². The summed E-state index contributed by atoms with van der Waals surface area (Å²) in [5.41, 5.74) is 0.370. The minimum absolute atomic E-state index is 0.0730. The Bertz CT molecular complexity index is 579. The second-order valence-electron chi connectivity index (χ2n) is 4.76. The number of hydrogen-bond donors (Lipinski definition) is 3. The van der Waals surface area contributed by atoms with Gasteiger partial charge in [-0.15, -0.1) is 11.8 Å². The largest absolute Gasteiger partial charge is 0.477 e. The lowest BCUT2D eigenvalue weighted by atomic mass is 10.0. The Balaban J connectivity index is 2.19. The van der Waals surface area contributed by atoms with Crippen LogP contribution in [0.25, 0.3) is 0 Å².